The summed E-state index contributed by atoms with van der Waals surface area (Å²) < 4.78 is 0. The van der Waals surface area contributed by atoms with Gasteiger partial charge in [0.15, 0.2) is 0 Å². The van der Waals surface area contributed by atoms with Gasteiger partial charge in [-0.2, -0.15) is 0 Å². The number of hydrogen-bond acceptors (Lipinski definition) is 0. The first-order valence-electron chi connectivity index (χ1n) is 0. The monoisotopic (exact) mass is 204 g/mol. The van der Waals surface area contributed by atoms with Gasteiger partial charge in [-0.3, -0.25) is 0 Å². The summed E-state index contributed by atoms with van der Waals surface area (Å²) in [7, 11) is 0. The zero-order chi connectivity index (χ0) is 0. The number of hydrogen-bond donors (Lipinski definition) is 0. The first-order valence-corrected chi connectivity index (χ1v) is 0. The summed E-state index contributed by atoms with van der Waals surface area (Å²) in [4.78, 5) is 0. The van der Waals surface area contributed by atoms with Gasteiger partial charge in [-0.05, 0) is 0 Å². The van der Waals surface area contributed by atoms with Crippen molar-refractivity contribution in [1.29, 1.82) is 0 Å². The molecule has 0 heterocycles. The van der Waals surface area contributed by atoms with Crippen LogP contribution in [0, 0.1) is 0 Å². The molecule has 0 unspecified atom stereocenters. The maximum atomic E-state index is 0. The average molecular weight is 201 g/mol. The van der Waals surface area contributed by atoms with E-state index >= 15 is 0 Å². The molecule has 0 nitrogen and oxygen atoms in total. The molecular formula is Ge2Si2. The second-order valence-corrected chi connectivity index (χ2v) is 0. The topological polar surface area (TPSA) is 0 Å². The fourth-order valence-corrected chi connectivity index (χ4v) is 0. The smallest absolute Gasteiger partial charge is 0 e. The fraction of sp³-hybridized carbons (Fsp3) is 0. The minimum absolute atomic E-state index is 0. The molecule has 0 amide bonds. The second kappa shape index (κ2) is 24.2. The Kier molecular flexibility index (Phi) is 296. The first-order chi connectivity index (χ1) is 0. The summed E-state index contributed by atoms with van der Waals surface area (Å²) in [5.41, 5.74) is 0. The number of rotatable bonds is 0. The van der Waals surface area contributed by atoms with Gasteiger partial charge in [-0.15, -0.1) is 0 Å². The van der Waals surface area contributed by atoms with Crippen LogP contribution in [0.3, 0.4) is 0 Å². The van der Waals surface area contributed by atoms with Crippen molar-refractivity contribution >= 4 is 57.1 Å². The molecule has 0 aliphatic heterocycles. The van der Waals surface area contributed by atoms with E-state index in [4.69, 9.17) is 0 Å². The van der Waals surface area contributed by atoms with Crippen molar-refractivity contribution in [2.45, 2.75) is 0 Å². The Hall–Kier alpha value is 1.52. The summed E-state index contributed by atoms with van der Waals surface area (Å²) in [5.74, 6) is 0. The molecule has 0 aromatic heterocycles. The molecule has 0 spiro atoms. The van der Waals surface area contributed by atoms with Gasteiger partial charge in [0.1, 0.15) is 0 Å². The zero-order valence-corrected chi connectivity index (χ0v) is 8.20. The molecule has 16 radical (unpaired) electrons. The van der Waals surface area contributed by atoms with Crippen LogP contribution in [-0.4, -0.2) is 57.1 Å². The van der Waals surface area contributed by atoms with Crippen LogP contribution in [0.4, 0.5) is 0 Å². The minimum Gasteiger partial charge on any atom is 0 e. The van der Waals surface area contributed by atoms with E-state index in [0.29, 0.717) is 0 Å². The quantitative estimate of drug-likeness (QED) is 0.418. The van der Waals surface area contributed by atoms with E-state index in [2.05, 4.69) is 0 Å². The molecule has 0 atom stereocenters. The molecule has 16 valence electrons. The molecule has 0 aliphatic carbocycles. The van der Waals surface area contributed by atoms with Gasteiger partial charge in [-0.25, -0.2) is 0 Å². The van der Waals surface area contributed by atoms with Gasteiger partial charge in [0.05, 0.1) is 0 Å². The standard InChI is InChI=1S/2Ge.2Si. The van der Waals surface area contributed by atoms with E-state index in [1.54, 1.807) is 0 Å². The predicted octanol–water partition coefficient (Wildman–Crippen LogP) is -1.52. The van der Waals surface area contributed by atoms with E-state index in [0.717, 1.165) is 0 Å². The molecule has 0 fully saturated rings. The van der Waals surface area contributed by atoms with Crippen LogP contribution in [0.5, 0.6) is 0 Å². The molecule has 0 N–H and O–H groups in total. The zero-order valence-electron chi connectivity index (χ0n) is 2.00. The second-order valence-electron chi connectivity index (χ2n) is 0. The molecule has 4 heavy (non-hydrogen) atoms. The van der Waals surface area contributed by atoms with Crippen LogP contribution in [0.1, 0.15) is 0 Å². The summed E-state index contributed by atoms with van der Waals surface area (Å²) >= 11 is 0. The molecule has 0 saturated carbocycles. The minimum atomic E-state index is 0. The van der Waals surface area contributed by atoms with Crippen molar-refractivity contribution in [3.05, 3.63) is 0 Å². The Morgan fingerprint density at radius 1 is 0.500 bits per heavy atom. The van der Waals surface area contributed by atoms with E-state index in [9.17, 15) is 0 Å². The normalized spacial score (nSPS) is 0. The van der Waals surface area contributed by atoms with Gasteiger partial charge >= 0.3 is 0 Å². The Labute approximate surface area is 57.1 Å². The molecule has 0 aliphatic rings. The summed E-state index contributed by atoms with van der Waals surface area (Å²) in [6.07, 6.45) is 0. The Morgan fingerprint density at radius 3 is 0.500 bits per heavy atom. The van der Waals surface area contributed by atoms with E-state index in [-0.39, 0.29) is 57.1 Å². The van der Waals surface area contributed by atoms with Crippen molar-refractivity contribution in [1.82, 2.24) is 0 Å². The molecule has 4 heteroatoms. The third kappa shape index (κ3) is 9.68. The fourth-order valence-electron chi connectivity index (χ4n) is 0. The van der Waals surface area contributed by atoms with Gasteiger partial charge < -0.3 is 0 Å². The van der Waals surface area contributed by atoms with Crippen molar-refractivity contribution in [2.24, 2.45) is 0 Å². The van der Waals surface area contributed by atoms with E-state index in [1.807, 2.05) is 0 Å². The van der Waals surface area contributed by atoms with Gasteiger partial charge in [-0.1, -0.05) is 0 Å². The van der Waals surface area contributed by atoms with E-state index in [1.165, 1.54) is 0 Å². The van der Waals surface area contributed by atoms with Crippen molar-refractivity contribution in [3.63, 3.8) is 0 Å². The Morgan fingerprint density at radius 2 is 0.500 bits per heavy atom. The maximum absolute atomic E-state index is 0. The average Bonchev–Trinajstić information content (AvgIpc) is 0. The Bertz CT molecular complexity index is 4.00. The molecule has 0 aromatic rings. The molecule has 0 bridgehead atoms. The largest absolute Gasteiger partial charge is 0 e. The van der Waals surface area contributed by atoms with Crippen molar-refractivity contribution in [3.8, 4) is 0 Å². The first kappa shape index (κ1) is 48.8. The van der Waals surface area contributed by atoms with E-state index < -0.39 is 0 Å². The predicted molar refractivity (Wildman–Crippen MR) is 23.0 cm³/mol. The maximum Gasteiger partial charge on any atom is 0 e. The van der Waals surface area contributed by atoms with Crippen LogP contribution in [0.2, 0.25) is 0 Å². The molecule has 0 aromatic carbocycles. The summed E-state index contributed by atoms with van der Waals surface area (Å²) in [6.45, 7) is 0. The summed E-state index contributed by atoms with van der Waals surface area (Å²) in [5, 5.41) is 0. The van der Waals surface area contributed by atoms with Crippen LogP contribution < -0.4 is 0 Å². The summed E-state index contributed by atoms with van der Waals surface area (Å²) in [6, 6.07) is 0. The van der Waals surface area contributed by atoms with Crippen LogP contribution in [0.25, 0.3) is 0 Å². The van der Waals surface area contributed by atoms with Crippen molar-refractivity contribution < 1.29 is 0 Å². The van der Waals surface area contributed by atoms with Crippen LogP contribution >= 0.6 is 0 Å². The molecular weight excluding hydrogens is 201 g/mol. The van der Waals surface area contributed by atoms with Gasteiger partial charge in [0, 0.05) is 57.1 Å². The third-order valence-electron chi connectivity index (χ3n) is 0. The van der Waals surface area contributed by atoms with Crippen molar-refractivity contribution in [2.75, 3.05) is 0 Å². The van der Waals surface area contributed by atoms with Crippen LogP contribution in [-0.2, 0) is 0 Å². The van der Waals surface area contributed by atoms with Crippen LogP contribution in [0.15, 0.2) is 0 Å². The van der Waals surface area contributed by atoms with Gasteiger partial charge in [0.25, 0.3) is 0 Å². The van der Waals surface area contributed by atoms with Gasteiger partial charge in [0.2, 0.25) is 0 Å². The molecule has 0 saturated heterocycles. The third-order valence-corrected chi connectivity index (χ3v) is 0. The SMILES string of the molecule is [Ge].[Ge].[Si].[Si]. The molecule has 0 rings (SSSR count). The Balaban J connectivity index is 0.